The third-order valence-electron chi connectivity index (χ3n) is 3.19. The van der Waals surface area contributed by atoms with Crippen LogP contribution in [0.4, 0.5) is 5.69 Å². The molecule has 0 saturated carbocycles. The van der Waals surface area contributed by atoms with Gasteiger partial charge < -0.3 is 10.4 Å². The van der Waals surface area contributed by atoms with Gasteiger partial charge in [-0.1, -0.05) is 28.1 Å². The van der Waals surface area contributed by atoms with Crippen LogP contribution < -0.4 is 5.32 Å². The van der Waals surface area contributed by atoms with Crippen molar-refractivity contribution in [3.63, 3.8) is 0 Å². The molecule has 5 heteroatoms. The van der Waals surface area contributed by atoms with Crippen molar-refractivity contribution >= 4 is 43.5 Å². The number of carbonyl (C=O) groups is 1. The molecule has 0 aromatic heterocycles. The summed E-state index contributed by atoms with van der Waals surface area (Å²) < 4.78 is 1.81. The van der Waals surface area contributed by atoms with Crippen molar-refractivity contribution in [1.82, 2.24) is 0 Å². The Morgan fingerprint density at radius 2 is 1.86 bits per heavy atom. The van der Waals surface area contributed by atoms with Crippen LogP contribution in [0.5, 0.6) is 0 Å². The number of aromatic carboxylic acids is 1. The number of anilines is 1. The van der Waals surface area contributed by atoms with Gasteiger partial charge in [0, 0.05) is 15.5 Å². The predicted molar refractivity (Wildman–Crippen MR) is 92.0 cm³/mol. The first-order valence-electron chi connectivity index (χ1n) is 6.41. The lowest BCUT2D eigenvalue weighted by Crippen LogP contribution is -2.04. The number of hydrogen-bond donors (Lipinski definition) is 2. The number of nitrogens with one attached hydrogen (secondary N) is 1. The van der Waals surface area contributed by atoms with Crippen LogP contribution in [0.2, 0.25) is 0 Å². The minimum absolute atomic E-state index is 0.276. The van der Waals surface area contributed by atoms with Gasteiger partial charge in [-0.05, 0) is 64.7 Å². The molecule has 0 spiro atoms. The van der Waals surface area contributed by atoms with Crippen LogP contribution >= 0.6 is 31.9 Å². The van der Waals surface area contributed by atoms with E-state index in [0.717, 1.165) is 20.2 Å². The minimum atomic E-state index is -0.924. The second kappa shape index (κ2) is 6.62. The number of aryl methyl sites for hydroxylation is 2. The molecule has 2 rings (SSSR count). The molecule has 110 valence electrons. The molecule has 0 aliphatic rings. The van der Waals surface area contributed by atoms with Gasteiger partial charge in [0.1, 0.15) is 0 Å². The molecule has 0 radical (unpaired) electrons. The smallest absolute Gasteiger partial charge is 0.335 e. The summed E-state index contributed by atoms with van der Waals surface area (Å²) in [6.07, 6.45) is 0. The fraction of sp³-hybridized carbons (Fsp3) is 0.188. The van der Waals surface area contributed by atoms with E-state index < -0.39 is 5.97 Å². The Morgan fingerprint density at radius 3 is 2.43 bits per heavy atom. The Balaban J connectivity index is 2.19. The topological polar surface area (TPSA) is 49.3 Å². The molecular formula is C16H15Br2NO2. The number of carboxylic acid groups (broad SMARTS) is 1. The quantitative estimate of drug-likeness (QED) is 0.730. The third kappa shape index (κ3) is 3.86. The third-order valence-corrected chi connectivity index (χ3v) is 4.55. The molecular weight excluding hydrogens is 398 g/mol. The van der Waals surface area contributed by atoms with Crippen molar-refractivity contribution in [2.24, 2.45) is 0 Å². The van der Waals surface area contributed by atoms with Gasteiger partial charge in [-0.3, -0.25) is 0 Å². The van der Waals surface area contributed by atoms with Crippen LogP contribution in [0, 0.1) is 13.8 Å². The first-order valence-corrected chi connectivity index (χ1v) is 7.99. The van der Waals surface area contributed by atoms with Gasteiger partial charge >= 0.3 is 5.97 Å². The number of halogens is 2. The molecule has 0 fully saturated rings. The second-order valence-corrected chi connectivity index (χ2v) is 6.61. The van der Waals surface area contributed by atoms with E-state index >= 15 is 0 Å². The summed E-state index contributed by atoms with van der Waals surface area (Å²) in [6.45, 7) is 4.73. The first kappa shape index (κ1) is 16.0. The zero-order valence-corrected chi connectivity index (χ0v) is 14.9. The van der Waals surface area contributed by atoms with E-state index in [1.807, 2.05) is 6.07 Å². The van der Waals surface area contributed by atoms with Gasteiger partial charge in [0.25, 0.3) is 0 Å². The average molecular weight is 413 g/mol. The minimum Gasteiger partial charge on any atom is -0.478 e. The Hall–Kier alpha value is -1.33. The van der Waals surface area contributed by atoms with E-state index in [9.17, 15) is 4.79 Å². The summed E-state index contributed by atoms with van der Waals surface area (Å²) in [7, 11) is 0. The van der Waals surface area contributed by atoms with Crippen LogP contribution in [-0.4, -0.2) is 11.1 Å². The molecule has 2 aromatic rings. The van der Waals surface area contributed by atoms with E-state index in [-0.39, 0.29) is 5.56 Å². The standard InChI is InChI=1S/C16H15Br2NO2/c1-9-5-10(2)15(14(18)6-9)19-8-12-4-3-11(16(20)21)7-13(12)17/h3-7,19H,8H2,1-2H3,(H,20,21). The van der Waals surface area contributed by atoms with Gasteiger partial charge in [0.05, 0.1) is 11.3 Å². The molecule has 0 heterocycles. The number of benzene rings is 2. The lowest BCUT2D eigenvalue weighted by Gasteiger charge is -2.14. The van der Waals surface area contributed by atoms with Gasteiger partial charge in [-0.2, -0.15) is 0 Å². The maximum Gasteiger partial charge on any atom is 0.335 e. The second-order valence-electron chi connectivity index (χ2n) is 4.90. The molecule has 0 aliphatic carbocycles. The SMILES string of the molecule is Cc1cc(C)c(NCc2ccc(C(=O)O)cc2Br)c(Br)c1. The van der Waals surface area contributed by atoms with Crippen molar-refractivity contribution in [1.29, 1.82) is 0 Å². The van der Waals surface area contributed by atoms with Crippen molar-refractivity contribution in [3.05, 3.63) is 61.5 Å². The highest BCUT2D eigenvalue weighted by Gasteiger charge is 2.09. The van der Waals surface area contributed by atoms with E-state index in [0.29, 0.717) is 6.54 Å². The molecule has 0 bridgehead atoms. The molecule has 0 amide bonds. The van der Waals surface area contributed by atoms with Crippen LogP contribution in [0.25, 0.3) is 0 Å². The van der Waals surface area contributed by atoms with Crippen LogP contribution in [-0.2, 0) is 6.54 Å². The summed E-state index contributed by atoms with van der Waals surface area (Å²) >= 11 is 6.99. The lowest BCUT2D eigenvalue weighted by molar-refractivity contribution is 0.0697. The Kier molecular flexibility index (Phi) is 5.06. The zero-order valence-electron chi connectivity index (χ0n) is 11.7. The van der Waals surface area contributed by atoms with Gasteiger partial charge in [-0.15, -0.1) is 0 Å². The summed E-state index contributed by atoms with van der Waals surface area (Å²) in [5, 5.41) is 12.4. The Morgan fingerprint density at radius 1 is 1.14 bits per heavy atom. The van der Waals surface area contributed by atoms with Crippen molar-refractivity contribution in [2.75, 3.05) is 5.32 Å². The molecule has 2 N–H and O–H groups in total. The van der Waals surface area contributed by atoms with E-state index in [1.165, 1.54) is 11.1 Å². The average Bonchev–Trinajstić information content (AvgIpc) is 2.38. The van der Waals surface area contributed by atoms with Crippen LogP contribution in [0.3, 0.4) is 0 Å². The van der Waals surface area contributed by atoms with E-state index in [4.69, 9.17) is 5.11 Å². The van der Waals surface area contributed by atoms with Crippen molar-refractivity contribution in [2.45, 2.75) is 20.4 Å². The molecule has 0 unspecified atom stereocenters. The van der Waals surface area contributed by atoms with Gasteiger partial charge in [0.2, 0.25) is 0 Å². The summed E-state index contributed by atoms with van der Waals surface area (Å²) in [5.74, 6) is -0.924. The van der Waals surface area contributed by atoms with E-state index in [1.54, 1.807) is 12.1 Å². The highest BCUT2D eigenvalue weighted by Crippen LogP contribution is 2.29. The van der Waals surface area contributed by atoms with Crippen LogP contribution in [0.15, 0.2) is 39.3 Å². The lowest BCUT2D eigenvalue weighted by atomic mass is 10.1. The molecule has 21 heavy (non-hydrogen) atoms. The van der Waals surface area contributed by atoms with Crippen molar-refractivity contribution in [3.8, 4) is 0 Å². The molecule has 3 nitrogen and oxygen atoms in total. The van der Waals surface area contributed by atoms with Crippen molar-refractivity contribution < 1.29 is 9.90 Å². The number of hydrogen-bond acceptors (Lipinski definition) is 2. The highest BCUT2D eigenvalue weighted by atomic mass is 79.9. The van der Waals surface area contributed by atoms with E-state index in [2.05, 4.69) is 63.2 Å². The number of rotatable bonds is 4. The Bertz CT molecular complexity index is 676. The molecule has 0 saturated heterocycles. The highest BCUT2D eigenvalue weighted by molar-refractivity contribution is 9.11. The van der Waals surface area contributed by atoms with Gasteiger partial charge in [0.15, 0.2) is 0 Å². The maximum atomic E-state index is 10.9. The zero-order chi connectivity index (χ0) is 15.6. The Labute approximate surface area is 140 Å². The van der Waals surface area contributed by atoms with Crippen LogP contribution in [0.1, 0.15) is 27.0 Å². The summed E-state index contributed by atoms with van der Waals surface area (Å²) in [5.41, 5.74) is 4.71. The fourth-order valence-corrected chi connectivity index (χ4v) is 3.48. The largest absolute Gasteiger partial charge is 0.478 e. The maximum absolute atomic E-state index is 10.9. The first-order chi connectivity index (χ1) is 9.88. The monoisotopic (exact) mass is 411 g/mol. The summed E-state index contributed by atoms with van der Waals surface area (Å²) in [4.78, 5) is 10.9. The summed E-state index contributed by atoms with van der Waals surface area (Å²) in [6, 6.07) is 9.24. The van der Waals surface area contributed by atoms with Gasteiger partial charge in [-0.25, -0.2) is 4.79 Å². The molecule has 0 atom stereocenters. The predicted octanol–water partition coefficient (Wildman–Crippen LogP) is 5.14. The fourth-order valence-electron chi connectivity index (χ4n) is 2.15. The number of carboxylic acids is 1. The normalized spacial score (nSPS) is 10.5. The molecule has 0 aliphatic heterocycles. The molecule has 2 aromatic carbocycles.